The van der Waals surface area contributed by atoms with Gasteiger partial charge in [-0.15, -0.1) is 0 Å². The topological polar surface area (TPSA) is 59.0 Å². The van der Waals surface area contributed by atoms with Crippen LogP contribution in [0.1, 0.15) is 16.7 Å². The number of hydrogen-bond donors (Lipinski definition) is 1. The molecule has 0 atom stereocenters. The van der Waals surface area contributed by atoms with Crippen molar-refractivity contribution in [2.75, 3.05) is 5.73 Å². The number of nitriles is 1. The van der Waals surface area contributed by atoms with Gasteiger partial charge in [-0.25, -0.2) is 0 Å². The van der Waals surface area contributed by atoms with Gasteiger partial charge in [0.15, 0.2) is 0 Å². The molecular weight excluding hydrogens is 304 g/mol. The standard InChI is InChI=1S/C15H13BrN2O/c1-9-5-13(6-10(2)15(9)16)19-12-4-3-11(8-17)14(18)7-12/h3-7H,18H2,1-2H3. The van der Waals surface area contributed by atoms with Crippen molar-refractivity contribution >= 4 is 21.6 Å². The summed E-state index contributed by atoms with van der Waals surface area (Å²) in [6.07, 6.45) is 0. The Balaban J connectivity index is 2.32. The van der Waals surface area contributed by atoms with Crippen LogP contribution in [0.2, 0.25) is 0 Å². The molecule has 2 aromatic rings. The van der Waals surface area contributed by atoms with E-state index >= 15 is 0 Å². The average molecular weight is 317 g/mol. The van der Waals surface area contributed by atoms with Gasteiger partial charge in [-0.2, -0.15) is 5.26 Å². The van der Waals surface area contributed by atoms with E-state index in [1.165, 1.54) is 0 Å². The van der Waals surface area contributed by atoms with Crippen LogP contribution in [0.4, 0.5) is 5.69 Å². The number of ether oxygens (including phenoxy) is 1. The molecule has 0 aliphatic rings. The van der Waals surface area contributed by atoms with Gasteiger partial charge in [-0.05, 0) is 49.2 Å². The van der Waals surface area contributed by atoms with Crippen molar-refractivity contribution in [2.24, 2.45) is 0 Å². The van der Waals surface area contributed by atoms with Crippen LogP contribution < -0.4 is 10.5 Å². The van der Waals surface area contributed by atoms with Gasteiger partial charge in [0.25, 0.3) is 0 Å². The van der Waals surface area contributed by atoms with Gasteiger partial charge in [0.1, 0.15) is 17.6 Å². The Morgan fingerprint density at radius 3 is 2.26 bits per heavy atom. The Bertz CT molecular complexity index is 651. The fourth-order valence-electron chi connectivity index (χ4n) is 1.81. The molecule has 0 heterocycles. The third-order valence-electron chi connectivity index (χ3n) is 2.79. The molecule has 0 aliphatic heterocycles. The lowest BCUT2D eigenvalue weighted by Crippen LogP contribution is -1.93. The van der Waals surface area contributed by atoms with Crippen molar-refractivity contribution < 1.29 is 4.74 Å². The minimum Gasteiger partial charge on any atom is -0.457 e. The summed E-state index contributed by atoms with van der Waals surface area (Å²) < 4.78 is 6.85. The summed E-state index contributed by atoms with van der Waals surface area (Å²) in [4.78, 5) is 0. The third-order valence-corrected chi connectivity index (χ3v) is 4.04. The lowest BCUT2D eigenvalue weighted by molar-refractivity contribution is 0.482. The van der Waals surface area contributed by atoms with E-state index in [1.807, 2.05) is 32.0 Å². The van der Waals surface area contributed by atoms with Gasteiger partial charge >= 0.3 is 0 Å². The van der Waals surface area contributed by atoms with Crippen molar-refractivity contribution in [3.8, 4) is 17.6 Å². The molecule has 19 heavy (non-hydrogen) atoms. The second-order valence-electron chi connectivity index (χ2n) is 4.33. The lowest BCUT2D eigenvalue weighted by Gasteiger charge is -2.10. The Morgan fingerprint density at radius 1 is 1.11 bits per heavy atom. The molecule has 0 fully saturated rings. The Kier molecular flexibility index (Phi) is 3.77. The number of rotatable bonds is 2. The summed E-state index contributed by atoms with van der Waals surface area (Å²) in [5.41, 5.74) is 8.85. The fourth-order valence-corrected chi connectivity index (χ4v) is 2.04. The molecule has 2 rings (SSSR count). The zero-order valence-corrected chi connectivity index (χ0v) is 12.3. The molecule has 0 spiro atoms. The highest BCUT2D eigenvalue weighted by Crippen LogP contribution is 2.30. The predicted octanol–water partition coefficient (Wildman–Crippen LogP) is 4.31. The summed E-state index contributed by atoms with van der Waals surface area (Å²) in [6.45, 7) is 4.02. The molecule has 2 N–H and O–H groups in total. The number of anilines is 1. The van der Waals surface area contributed by atoms with Crippen molar-refractivity contribution in [2.45, 2.75) is 13.8 Å². The molecule has 0 bridgehead atoms. The highest BCUT2D eigenvalue weighted by molar-refractivity contribution is 9.10. The maximum Gasteiger partial charge on any atom is 0.129 e. The van der Waals surface area contributed by atoms with Gasteiger partial charge in [-0.3, -0.25) is 0 Å². The van der Waals surface area contributed by atoms with Gasteiger partial charge < -0.3 is 10.5 Å². The number of nitrogens with zero attached hydrogens (tertiary/aromatic N) is 1. The van der Waals surface area contributed by atoms with E-state index in [2.05, 4.69) is 15.9 Å². The third kappa shape index (κ3) is 2.88. The first kappa shape index (κ1) is 13.4. The van der Waals surface area contributed by atoms with Crippen LogP contribution in [0.5, 0.6) is 11.5 Å². The van der Waals surface area contributed by atoms with Crippen LogP contribution in [0.3, 0.4) is 0 Å². The number of halogens is 1. The van der Waals surface area contributed by atoms with Gasteiger partial charge in [0, 0.05) is 10.5 Å². The molecule has 96 valence electrons. The zero-order chi connectivity index (χ0) is 14.0. The summed E-state index contributed by atoms with van der Waals surface area (Å²) in [5.74, 6) is 1.37. The maximum absolute atomic E-state index is 8.83. The van der Waals surface area contributed by atoms with Crippen molar-refractivity contribution in [1.82, 2.24) is 0 Å². The summed E-state index contributed by atoms with van der Waals surface area (Å²) in [5, 5.41) is 8.83. The largest absolute Gasteiger partial charge is 0.457 e. The number of benzene rings is 2. The molecule has 0 aliphatic carbocycles. The number of hydrogen-bond acceptors (Lipinski definition) is 3. The van der Waals surface area contributed by atoms with Crippen LogP contribution in [0.15, 0.2) is 34.8 Å². The quantitative estimate of drug-likeness (QED) is 0.840. The van der Waals surface area contributed by atoms with Crippen LogP contribution in [0, 0.1) is 25.2 Å². The molecular formula is C15H13BrN2O. The van der Waals surface area contributed by atoms with E-state index < -0.39 is 0 Å². The molecule has 0 saturated heterocycles. The number of aryl methyl sites for hydroxylation is 2. The summed E-state index contributed by atoms with van der Waals surface area (Å²) >= 11 is 3.52. The highest BCUT2D eigenvalue weighted by Gasteiger charge is 2.06. The Hall–Kier alpha value is -1.99. The van der Waals surface area contributed by atoms with E-state index in [1.54, 1.807) is 18.2 Å². The van der Waals surface area contributed by atoms with Gasteiger partial charge in [0.2, 0.25) is 0 Å². The summed E-state index contributed by atoms with van der Waals surface area (Å²) in [7, 11) is 0. The molecule has 3 nitrogen and oxygen atoms in total. The number of nitrogens with two attached hydrogens (primary N) is 1. The molecule has 0 aromatic heterocycles. The first-order valence-electron chi connectivity index (χ1n) is 5.75. The second-order valence-corrected chi connectivity index (χ2v) is 5.13. The van der Waals surface area contributed by atoms with Crippen LogP contribution in [-0.4, -0.2) is 0 Å². The van der Waals surface area contributed by atoms with Crippen molar-refractivity contribution in [3.05, 3.63) is 51.5 Å². The minimum atomic E-state index is 0.422. The lowest BCUT2D eigenvalue weighted by atomic mass is 10.1. The molecule has 0 unspecified atom stereocenters. The molecule has 2 aromatic carbocycles. The van der Waals surface area contributed by atoms with E-state index in [-0.39, 0.29) is 0 Å². The van der Waals surface area contributed by atoms with Crippen molar-refractivity contribution in [1.29, 1.82) is 5.26 Å². The predicted molar refractivity (Wildman–Crippen MR) is 79.3 cm³/mol. The smallest absolute Gasteiger partial charge is 0.129 e. The fraction of sp³-hybridized carbons (Fsp3) is 0.133. The second kappa shape index (κ2) is 5.33. The van der Waals surface area contributed by atoms with Crippen LogP contribution in [-0.2, 0) is 0 Å². The van der Waals surface area contributed by atoms with Gasteiger partial charge in [-0.1, -0.05) is 15.9 Å². The molecule has 0 amide bonds. The van der Waals surface area contributed by atoms with E-state index in [4.69, 9.17) is 15.7 Å². The minimum absolute atomic E-state index is 0.422. The Labute approximate surface area is 120 Å². The van der Waals surface area contributed by atoms with Crippen LogP contribution >= 0.6 is 15.9 Å². The monoisotopic (exact) mass is 316 g/mol. The van der Waals surface area contributed by atoms with E-state index in [0.29, 0.717) is 17.0 Å². The molecule has 4 heteroatoms. The Morgan fingerprint density at radius 2 is 1.74 bits per heavy atom. The molecule has 0 saturated carbocycles. The van der Waals surface area contributed by atoms with E-state index in [9.17, 15) is 0 Å². The normalized spacial score (nSPS) is 10.0. The van der Waals surface area contributed by atoms with Crippen molar-refractivity contribution in [3.63, 3.8) is 0 Å². The maximum atomic E-state index is 8.83. The first-order valence-corrected chi connectivity index (χ1v) is 6.55. The number of nitrogen functional groups attached to an aromatic ring is 1. The SMILES string of the molecule is Cc1cc(Oc2ccc(C#N)c(N)c2)cc(C)c1Br. The molecule has 0 radical (unpaired) electrons. The first-order chi connectivity index (χ1) is 9.01. The van der Waals surface area contributed by atoms with E-state index in [0.717, 1.165) is 21.3 Å². The van der Waals surface area contributed by atoms with Crippen LogP contribution in [0.25, 0.3) is 0 Å². The average Bonchev–Trinajstić information content (AvgIpc) is 2.36. The zero-order valence-electron chi connectivity index (χ0n) is 10.7. The highest BCUT2D eigenvalue weighted by atomic mass is 79.9. The van der Waals surface area contributed by atoms with Gasteiger partial charge in [0.05, 0.1) is 11.3 Å². The summed E-state index contributed by atoms with van der Waals surface area (Å²) in [6, 6.07) is 11.0.